The molecule has 0 aromatic carbocycles. The Morgan fingerprint density at radius 2 is 2.32 bits per heavy atom. The molecule has 1 aromatic heterocycles. The van der Waals surface area contributed by atoms with E-state index in [9.17, 15) is 4.79 Å². The third-order valence-corrected chi connectivity index (χ3v) is 4.32. The lowest BCUT2D eigenvalue weighted by Gasteiger charge is -2.12. The molecule has 0 saturated carbocycles. The van der Waals surface area contributed by atoms with Gasteiger partial charge in [0.2, 0.25) is 5.91 Å². The summed E-state index contributed by atoms with van der Waals surface area (Å²) in [6.45, 7) is 0.722. The number of nitrogens with one attached hydrogen (secondary N) is 1. The normalized spacial score (nSPS) is 15.5. The Labute approximate surface area is 123 Å². The van der Waals surface area contributed by atoms with Crippen molar-refractivity contribution in [3.63, 3.8) is 0 Å². The fourth-order valence-corrected chi connectivity index (χ4v) is 3.08. The van der Waals surface area contributed by atoms with Crippen LogP contribution in [0.25, 0.3) is 6.08 Å². The van der Waals surface area contributed by atoms with Gasteiger partial charge in [-0.2, -0.15) is 0 Å². The molecule has 0 saturated heterocycles. The lowest BCUT2D eigenvalue weighted by atomic mass is 9.97. The highest BCUT2D eigenvalue weighted by Crippen LogP contribution is 2.22. The van der Waals surface area contributed by atoms with Gasteiger partial charge < -0.3 is 5.32 Å². The summed E-state index contributed by atoms with van der Waals surface area (Å²) in [4.78, 5) is 12.6. The number of allylic oxidation sites excluding steroid dienone is 1. The lowest BCUT2D eigenvalue weighted by Crippen LogP contribution is -2.22. The summed E-state index contributed by atoms with van der Waals surface area (Å²) in [5.74, 6) is -0.0408. The first-order valence-electron chi connectivity index (χ1n) is 6.63. The van der Waals surface area contributed by atoms with E-state index in [-0.39, 0.29) is 5.91 Å². The Morgan fingerprint density at radius 3 is 3.00 bits per heavy atom. The van der Waals surface area contributed by atoms with Crippen molar-refractivity contribution in [2.75, 3.05) is 6.54 Å². The van der Waals surface area contributed by atoms with Crippen LogP contribution in [0.1, 0.15) is 37.0 Å². The largest absolute Gasteiger partial charge is 0.352 e. The van der Waals surface area contributed by atoms with Crippen LogP contribution in [-0.4, -0.2) is 12.5 Å². The molecule has 1 amide bonds. The van der Waals surface area contributed by atoms with Crippen LogP contribution in [0.2, 0.25) is 4.34 Å². The number of carbonyl (C=O) groups excluding carboxylic acids is 1. The van der Waals surface area contributed by atoms with Crippen molar-refractivity contribution in [2.24, 2.45) is 0 Å². The number of amides is 1. The minimum Gasteiger partial charge on any atom is -0.352 e. The monoisotopic (exact) mass is 295 g/mol. The Bertz CT molecular complexity index is 490. The second kappa shape index (κ2) is 7.51. The fourth-order valence-electron chi connectivity index (χ4n) is 2.11. The number of carbonyl (C=O) groups is 1. The van der Waals surface area contributed by atoms with Gasteiger partial charge in [0.05, 0.1) is 4.34 Å². The zero-order valence-electron chi connectivity index (χ0n) is 10.8. The molecule has 0 radical (unpaired) electrons. The van der Waals surface area contributed by atoms with Gasteiger partial charge in [-0.05, 0) is 50.3 Å². The summed E-state index contributed by atoms with van der Waals surface area (Å²) in [6.07, 6.45) is 11.6. The summed E-state index contributed by atoms with van der Waals surface area (Å²) in [5, 5.41) is 2.91. The SMILES string of the molecule is O=C(/C=C/c1ccc(Cl)s1)NCCC1=CCCCC1. The fraction of sp³-hybridized carbons (Fsp3) is 0.400. The second-order valence-electron chi connectivity index (χ2n) is 4.62. The minimum atomic E-state index is -0.0408. The molecule has 0 bridgehead atoms. The molecule has 4 heteroatoms. The Hall–Kier alpha value is -1.06. The van der Waals surface area contributed by atoms with Gasteiger partial charge >= 0.3 is 0 Å². The van der Waals surface area contributed by atoms with Crippen molar-refractivity contribution in [3.8, 4) is 0 Å². The molecule has 1 aromatic rings. The van der Waals surface area contributed by atoms with Crippen LogP contribution >= 0.6 is 22.9 Å². The van der Waals surface area contributed by atoms with Crippen LogP contribution in [0.15, 0.2) is 29.9 Å². The van der Waals surface area contributed by atoms with Crippen molar-refractivity contribution >= 4 is 34.9 Å². The maximum Gasteiger partial charge on any atom is 0.244 e. The Morgan fingerprint density at radius 1 is 1.42 bits per heavy atom. The molecule has 0 aliphatic heterocycles. The van der Waals surface area contributed by atoms with Crippen molar-refractivity contribution in [1.82, 2.24) is 5.32 Å². The maximum atomic E-state index is 11.6. The van der Waals surface area contributed by atoms with Crippen LogP contribution in [0.5, 0.6) is 0 Å². The summed E-state index contributed by atoms with van der Waals surface area (Å²) < 4.78 is 0.740. The number of thiophene rings is 1. The van der Waals surface area contributed by atoms with Crippen LogP contribution < -0.4 is 5.32 Å². The van der Waals surface area contributed by atoms with Gasteiger partial charge in [-0.15, -0.1) is 11.3 Å². The Balaban J connectivity index is 1.69. The highest BCUT2D eigenvalue weighted by atomic mass is 35.5. The Kier molecular flexibility index (Phi) is 5.67. The highest BCUT2D eigenvalue weighted by molar-refractivity contribution is 7.17. The minimum absolute atomic E-state index is 0.0408. The highest BCUT2D eigenvalue weighted by Gasteiger charge is 2.03. The van der Waals surface area contributed by atoms with E-state index in [1.54, 1.807) is 12.2 Å². The number of rotatable bonds is 5. The maximum absolute atomic E-state index is 11.6. The molecule has 2 rings (SSSR count). The molecule has 1 aliphatic carbocycles. The average Bonchev–Trinajstić information content (AvgIpc) is 2.83. The van der Waals surface area contributed by atoms with Crippen molar-refractivity contribution < 1.29 is 4.79 Å². The van der Waals surface area contributed by atoms with E-state index < -0.39 is 0 Å². The van der Waals surface area contributed by atoms with E-state index in [0.717, 1.165) is 22.2 Å². The predicted molar refractivity (Wildman–Crippen MR) is 82.5 cm³/mol. The van der Waals surface area contributed by atoms with Gasteiger partial charge in [-0.25, -0.2) is 0 Å². The van der Waals surface area contributed by atoms with Gasteiger partial charge in [-0.1, -0.05) is 23.3 Å². The van der Waals surface area contributed by atoms with Gasteiger partial charge in [0, 0.05) is 17.5 Å². The molecule has 0 fully saturated rings. The van der Waals surface area contributed by atoms with Crippen molar-refractivity contribution in [1.29, 1.82) is 0 Å². The summed E-state index contributed by atoms with van der Waals surface area (Å²) >= 11 is 7.29. The summed E-state index contributed by atoms with van der Waals surface area (Å²) in [6, 6.07) is 3.74. The van der Waals surface area contributed by atoms with Gasteiger partial charge in [0.15, 0.2) is 0 Å². The standard InChI is InChI=1S/C15H18ClNOS/c16-14-8-6-13(19-14)7-9-15(18)17-11-10-12-4-2-1-3-5-12/h4,6-9H,1-3,5,10-11H2,(H,17,18)/b9-7+. The first-order valence-corrected chi connectivity index (χ1v) is 7.82. The lowest BCUT2D eigenvalue weighted by molar-refractivity contribution is -0.116. The van der Waals surface area contributed by atoms with Gasteiger partial charge in [0.25, 0.3) is 0 Å². The molecule has 102 valence electrons. The molecular formula is C15H18ClNOS. The van der Waals surface area contributed by atoms with E-state index in [0.29, 0.717) is 0 Å². The molecule has 0 unspecified atom stereocenters. The summed E-state index contributed by atoms with van der Waals surface area (Å²) in [5.41, 5.74) is 1.49. The van der Waals surface area contributed by atoms with Gasteiger partial charge in [0.1, 0.15) is 0 Å². The number of hydrogen-bond acceptors (Lipinski definition) is 2. The van der Waals surface area contributed by atoms with E-state index in [1.807, 2.05) is 12.1 Å². The zero-order valence-corrected chi connectivity index (χ0v) is 12.4. The van der Waals surface area contributed by atoms with E-state index in [4.69, 9.17) is 11.6 Å². The van der Waals surface area contributed by atoms with Crippen molar-refractivity contribution in [2.45, 2.75) is 32.1 Å². The van der Waals surface area contributed by atoms with E-state index in [1.165, 1.54) is 42.6 Å². The molecule has 1 heterocycles. The number of halogens is 1. The van der Waals surface area contributed by atoms with Gasteiger partial charge in [-0.3, -0.25) is 4.79 Å². The smallest absolute Gasteiger partial charge is 0.244 e. The topological polar surface area (TPSA) is 29.1 Å². The first kappa shape index (κ1) is 14.4. The van der Waals surface area contributed by atoms with Crippen LogP contribution in [0, 0.1) is 0 Å². The molecular weight excluding hydrogens is 278 g/mol. The molecule has 1 aliphatic rings. The average molecular weight is 296 g/mol. The van der Waals surface area contributed by atoms with Crippen LogP contribution in [0.3, 0.4) is 0 Å². The molecule has 19 heavy (non-hydrogen) atoms. The third kappa shape index (κ3) is 5.21. The molecule has 0 spiro atoms. The quantitative estimate of drug-likeness (QED) is 0.632. The molecule has 1 N–H and O–H groups in total. The van der Waals surface area contributed by atoms with Crippen LogP contribution in [0.4, 0.5) is 0 Å². The summed E-state index contributed by atoms with van der Waals surface area (Å²) in [7, 11) is 0. The van der Waals surface area contributed by atoms with E-state index >= 15 is 0 Å². The van der Waals surface area contributed by atoms with E-state index in [2.05, 4.69) is 11.4 Å². The second-order valence-corrected chi connectivity index (χ2v) is 6.37. The predicted octanol–water partition coefficient (Wildman–Crippen LogP) is 4.42. The van der Waals surface area contributed by atoms with Crippen molar-refractivity contribution in [3.05, 3.63) is 39.1 Å². The number of hydrogen-bond donors (Lipinski definition) is 1. The van der Waals surface area contributed by atoms with Crippen LogP contribution in [-0.2, 0) is 4.79 Å². The zero-order chi connectivity index (χ0) is 13.5. The first-order chi connectivity index (χ1) is 9.24. The molecule has 2 nitrogen and oxygen atoms in total. The molecule has 0 atom stereocenters. The third-order valence-electron chi connectivity index (χ3n) is 3.12.